The quantitative estimate of drug-likeness (QED) is 0.187. The fourth-order valence-electron chi connectivity index (χ4n) is 6.44. The molecule has 3 heterocycles. The highest BCUT2D eigenvalue weighted by Gasteiger charge is 2.34. The number of aromatic nitrogens is 2. The normalized spacial score (nSPS) is 16.9. The first kappa shape index (κ1) is 32.9. The van der Waals surface area contributed by atoms with Gasteiger partial charge in [0.1, 0.15) is 23.1 Å². The maximum atomic E-state index is 15.6. The number of sulfonamides is 1. The molecule has 10 nitrogen and oxygen atoms in total. The lowest BCUT2D eigenvalue weighted by Gasteiger charge is -2.31. The van der Waals surface area contributed by atoms with E-state index in [4.69, 9.17) is 26.1 Å². The van der Waals surface area contributed by atoms with E-state index in [2.05, 4.69) is 26.8 Å². The first-order chi connectivity index (χ1) is 22.5. The van der Waals surface area contributed by atoms with E-state index in [1.165, 1.54) is 31.2 Å². The minimum Gasteiger partial charge on any atom is -0.487 e. The third kappa shape index (κ3) is 6.72. The van der Waals surface area contributed by atoms with Crippen LogP contribution < -0.4 is 14.8 Å². The van der Waals surface area contributed by atoms with Gasteiger partial charge in [-0.05, 0) is 85.8 Å². The van der Waals surface area contributed by atoms with Gasteiger partial charge in [0.15, 0.2) is 6.10 Å². The fourth-order valence-corrected chi connectivity index (χ4v) is 8.02. The van der Waals surface area contributed by atoms with E-state index in [-0.39, 0.29) is 33.5 Å². The Bertz CT molecular complexity index is 1970. The fraction of sp³-hybridized carbons (Fsp3) is 0.382. The summed E-state index contributed by atoms with van der Waals surface area (Å²) in [5.41, 5.74) is 3.51. The molecule has 1 aromatic heterocycles. The molecule has 47 heavy (non-hydrogen) atoms. The van der Waals surface area contributed by atoms with Crippen LogP contribution in [0.2, 0.25) is 5.02 Å². The number of piperidine rings is 1. The minimum absolute atomic E-state index is 0.0421. The Morgan fingerprint density at radius 2 is 1.94 bits per heavy atom. The molecule has 0 bridgehead atoms. The maximum absolute atomic E-state index is 15.6. The van der Waals surface area contributed by atoms with Crippen LogP contribution >= 0.6 is 11.6 Å². The minimum atomic E-state index is -4.27. The number of esters is 1. The zero-order chi connectivity index (χ0) is 33.5. The van der Waals surface area contributed by atoms with Gasteiger partial charge in [-0.3, -0.25) is 9.52 Å². The number of carbonyl (C=O) groups excluding carboxylic acids is 1. The number of halogens is 2. The summed E-state index contributed by atoms with van der Waals surface area (Å²) in [6, 6.07) is 9.44. The molecule has 0 unspecified atom stereocenters. The van der Waals surface area contributed by atoms with Crippen molar-refractivity contribution in [3.8, 4) is 16.9 Å². The predicted octanol–water partition coefficient (Wildman–Crippen LogP) is 6.65. The number of hydrogen-bond donors (Lipinski definition) is 2. The lowest BCUT2D eigenvalue weighted by molar-refractivity contribution is -0.147. The second kappa shape index (κ2) is 13.2. The highest BCUT2D eigenvalue weighted by molar-refractivity contribution is 7.92. The lowest BCUT2D eigenvalue weighted by Crippen LogP contribution is -2.39. The van der Waals surface area contributed by atoms with Crippen molar-refractivity contribution in [3.05, 3.63) is 70.1 Å². The summed E-state index contributed by atoms with van der Waals surface area (Å²) in [5, 5.41) is 4.36. The molecule has 1 fully saturated rings. The highest BCUT2D eigenvalue weighted by atomic mass is 35.5. The molecule has 248 valence electrons. The Labute approximate surface area is 278 Å². The van der Waals surface area contributed by atoms with Crippen molar-refractivity contribution >= 4 is 50.1 Å². The van der Waals surface area contributed by atoms with E-state index in [1.807, 2.05) is 26.0 Å². The summed E-state index contributed by atoms with van der Waals surface area (Å²) in [5.74, 6) is -0.400. The van der Waals surface area contributed by atoms with E-state index in [1.54, 1.807) is 6.20 Å². The first-order valence-corrected chi connectivity index (χ1v) is 17.6. The van der Waals surface area contributed by atoms with Gasteiger partial charge in [0.25, 0.3) is 10.0 Å². The zero-order valence-electron chi connectivity index (χ0n) is 26.7. The number of hydrogen-bond acceptors (Lipinski definition) is 9. The molecular formula is C34H37ClFN5O5S. The smallest absolute Gasteiger partial charge is 0.303 e. The number of ether oxygens (including phenoxy) is 2. The van der Waals surface area contributed by atoms with Crippen molar-refractivity contribution in [1.29, 1.82) is 0 Å². The predicted molar refractivity (Wildman–Crippen MR) is 180 cm³/mol. The Hall–Kier alpha value is -4.00. The van der Waals surface area contributed by atoms with Crippen LogP contribution in [0.3, 0.4) is 0 Å². The summed E-state index contributed by atoms with van der Waals surface area (Å²) < 4.78 is 56.8. The van der Waals surface area contributed by atoms with Gasteiger partial charge >= 0.3 is 5.97 Å². The van der Waals surface area contributed by atoms with Crippen molar-refractivity contribution in [3.63, 3.8) is 0 Å². The zero-order valence-corrected chi connectivity index (χ0v) is 28.3. The van der Waals surface area contributed by atoms with E-state index in [0.717, 1.165) is 48.9 Å². The number of rotatable bonds is 9. The van der Waals surface area contributed by atoms with Gasteiger partial charge < -0.3 is 19.7 Å². The van der Waals surface area contributed by atoms with E-state index in [9.17, 15) is 13.2 Å². The first-order valence-electron chi connectivity index (χ1n) is 15.7. The van der Waals surface area contributed by atoms with Gasteiger partial charge in [-0.2, -0.15) is 0 Å². The number of anilines is 2. The number of aryl methyl sites for hydroxylation is 1. The van der Waals surface area contributed by atoms with Crippen LogP contribution in [0.5, 0.6) is 5.75 Å². The average Bonchev–Trinajstić information content (AvgIpc) is 3.43. The molecule has 1 saturated heterocycles. The van der Waals surface area contributed by atoms with E-state index < -0.39 is 27.9 Å². The molecule has 0 amide bonds. The Morgan fingerprint density at radius 1 is 1.17 bits per heavy atom. The molecule has 2 aliphatic heterocycles. The number of fused-ring (bicyclic) bond motifs is 2. The van der Waals surface area contributed by atoms with Crippen LogP contribution in [-0.4, -0.2) is 61.5 Å². The number of carbonyl (C=O) groups is 1. The summed E-state index contributed by atoms with van der Waals surface area (Å²) in [6.07, 6.45) is 3.32. The van der Waals surface area contributed by atoms with Gasteiger partial charge in [0.05, 0.1) is 11.2 Å². The van der Waals surface area contributed by atoms with E-state index >= 15 is 4.39 Å². The summed E-state index contributed by atoms with van der Waals surface area (Å²) in [6.45, 7) is 10.3. The monoisotopic (exact) mass is 681 g/mol. The van der Waals surface area contributed by atoms with Crippen molar-refractivity contribution in [2.45, 2.75) is 64.0 Å². The van der Waals surface area contributed by atoms with Gasteiger partial charge in [-0.25, -0.2) is 22.8 Å². The lowest BCUT2D eigenvalue weighted by atomic mass is 9.93. The van der Waals surface area contributed by atoms with Crippen molar-refractivity contribution in [2.75, 3.05) is 36.3 Å². The summed E-state index contributed by atoms with van der Waals surface area (Å²) in [4.78, 5) is 23.2. The molecule has 3 aromatic carbocycles. The molecule has 4 aromatic rings. The second-order valence-electron chi connectivity index (χ2n) is 11.9. The Balaban J connectivity index is 1.32. The molecule has 0 saturated carbocycles. The van der Waals surface area contributed by atoms with Crippen LogP contribution in [0.4, 0.5) is 16.0 Å². The molecule has 6 rings (SSSR count). The van der Waals surface area contributed by atoms with Gasteiger partial charge in [-0.15, -0.1) is 0 Å². The van der Waals surface area contributed by atoms with Gasteiger partial charge in [-0.1, -0.05) is 25.4 Å². The molecule has 2 aliphatic rings. The maximum Gasteiger partial charge on any atom is 0.303 e. The number of nitrogens with zero attached hydrogens (tertiary/aromatic N) is 3. The number of nitrogens with one attached hydrogen (secondary N) is 2. The Kier molecular flexibility index (Phi) is 9.28. The van der Waals surface area contributed by atoms with E-state index in [0.29, 0.717) is 35.1 Å². The molecule has 2 N–H and O–H groups in total. The largest absolute Gasteiger partial charge is 0.487 e. The van der Waals surface area contributed by atoms with Crippen LogP contribution in [-0.2, 0) is 26.0 Å². The third-order valence-corrected chi connectivity index (χ3v) is 10.4. The van der Waals surface area contributed by atoms with Crippen LogP contribution in [0.25, 0.3) is 22.0 Å². The number of likely N-dealkylation sites (tertiary alicyclic amines) is 1. The molecule has 0 radical (unpaired) electrons. The summed E-state index contributed by atoms with van der Waals surface area (Å²) >= 11 is 6.30. The number of benzene rings is 3. The van der Waals surface area contributed by atoms with Gasteiger partial charge in [0, 0.05) is 53.8 Å². The van der Waals surface area contributed by atoms with Crippen molar-refractivity contribution in [1.82, 2.24) is 14.9 Å². The molecule has 0 aliphatic carbocycles. The standard InChI is InChI=1S/C34H37ClFN5O5S/c1-5-25-28(40-47(43,44)30-16-23(35)15-26-29(46-20(4)42)18-45-33(26)30)8-7-27(36)31(25)21-13-19(3)32-22(14-21)17-37-34(39-32)38-24-9-11-41(6-2)12-10-24/h7-8,13-17,24,29,40H,5-6,9-12,18H2,1-4H3,(H,37,38,39)/t29-/m0/s1. The van der Waals surface area contributed by atoms with Crippen LogP contribution in [0, 0.1) is 12.7 Å². The topological polar surface area (TPSA) is 123 Å². The summed E-state index contributed by atoms with van der Waals surface area (Å²) in [7, 11) is -4.27. The van der Waals surface area contributed by atoms with Crippen LogP contribution in [0.15, 0.2) is 47.5 Å². The van der Waals surface area contributed by atoms with Crippen LogP contribution in [0.1, 0.15) is 56.4 Å². The highest BCUT2D eigenvalue weighted by Crippen LogP contribution is 2.43. The molecule has 0 spiro atoms. The molecule has 13 heteroatoms. The van der Waals surface area contributed by atoms with Crippen molar-refractivity contribution < 1.29 is 27.1 Å². The average molecular weight is 682 g/mol. The Morgan fingerprint density at radius 3 is 2.64 bits per heavy atom. The molecule has 1 atom stereocenters. The third-order valence-electron chi connectivity index (χ3n) is 8.76. The molecular weight excluding hydrogens is 645 g/mol. The van der Waals surface area contributed by atoms with Crippen molar-refractivity contribution in [2.24, 2.45) is 0 Å². The SMILES string of the molecule is CCc1c(NS(=O)(=O)c2cc(Cl)cc3c2OC[C@@H]3OC(C)=O)ccc(F)c1-c1cc(C)c2nc(NC3CCN(CC)CC3)ncc2c1. The van der Waals surface area contributed by atoms with Gasteiger partial charge in [0.2, 0.25) is 5.95 Å². The second-order valence-corrected chi connectivity index (χ2v) is 14.0.